The number of nitrogens with one attached hydrogen (secondary N) is 1. The van der Waals surface area contributed by atoms with Crippen LogP contribution in [-0.2, 0) is 17.6 Å². The average Bonchev–Trinajstić information content (AvgIpc) is 2.65. The molecule has 1 amide bonds. The Morgan fingerprint density at radius 3 is 2.12 bits per heavy atom. The number of carbonyl (C=O) groups is 1. The summed E-state index contributed by atoms with van der Waals surface area (Å²) >= 11 is 0. The lowest BCUT2D eigenvalue weighted by atomic mass is 9.98. The molecule has 0 aliphatic rings. The first-order valence-electron chi connectivity index (χ1n) is 8.34. The summed E-state index contributed by atoms with van der Waals surface area (Å²) in [5.74, 6) is -0.535. The quantitative estimate of drug-likeness (QED) is 0.708. The van der Waals surface area contributed by atoms with Gasteiger partial charge in [-0.1, -0.05) is 78.9 Å². The molecule has 3 rings (SSSR count). The first-order chi connectivity index (χ1) is 12.2. The molecule has 0 aliphatic heterocycles. The molecule has 0 aromatic heterocycles. The zero-order chi connectivity index (χ0) is 17.5. The van der Waals surface area contributed by atoms with Gasteiger partial charge in [0.2, 0.25) is 5.91 Å². The van der Waals surface area contributed by atoms with Crippen LogP contribution in [0.2, 0.25) is 0 Å². The van der Waals surface area contributed by atoms with Crippen molar-refractivity contribution in [1.82, 2.24) is 5.32 Å². The lowest BCUT2D eigenvalue weighted by Gasteiger charge is -2.20. The highest BCUT2D eigenvalue weighted by molar-refractivity contribution is 5.79. The Balaban J connectivity index is 1.75. The molecule has 126 valence electrons. The van der Waals surface area contributed by atoms with Gasteiger partial charge in [0.15, 0.2) is 0 Å². The van der Waals surface area contributed by atoms with Crippen molar-refractivity contribution in [2.75, 3.05) is 0 Å². The van der Waals surface area contributed by atoms with Crippen LogP contribution in [0.5, 0.6) is 0 Å². The van der Waals surface area contributed by atoms with Gasteiger partial charge >= 0.3 is 0 Å². The standard InChI is InChI=1S/C22H20FNO/c23-20-14-8-7-13-19(20)16-22(25)24-21(18-11-5-2-6-12-18)15-17-9-3-1-4-10-17/h1-14,21H,15-16H2,(H,24,25). The molecule has 0 bridgehead atoms. The third-order valence-electron chi connectivity index (χ3n) is 4.13. The van der Waals surface area contributed by atoms with Gasteiger partial charge in [-0.2, -0.15) is 0 Å². The normalized spacial score (nSPS) is 11.7. The van der Waals surface area contributed by atoms with Gasteiger partial charge in [-0.15, -0.1) is 0 Å². The van der Waals surface area contributed by atoms with Crippen molar-refractivity contribution in [2.45, 2.75) is 18.9 Å². The van der Waals surface area contributed by atoms with Gasteiger partial charge in [-0.25, -0.2) is 4.39 Å². The summed E-state index contributed by atoms with van der Waals surface area (Å²) in [6, 6.07) is 26.1. The van der Waals surface area contributed by atoms with Crippen molar-refractivity contribution < 1.29 is 9.18 Å². The van der Waals surface area contributed by atoms with Gasteiger partial charge in [-0.05, 0) is 29.2 Å². The molecule has 3 heteroatoms. The Morgan fingerprint density at radius 2 is 1.44 bits per heavy atom. The lowest BCUT2D eigenvalue weighted by molar-refractivity contribution is -0.121. The van der Waals surface area contributed by atoms with E-state index in [0.29, 0.717) is 12.0 Å². The zero-order valence-electron chi connectivity index (χ0n) is 13.9. The van der Waals surface area contributed by atoms with Crippen LogP contribution in [-0.4, -0.2) is 5.91 Å². The van der Waals surface area contributed by atoms with Crippen molar-refractivity contribution in [3.8, 4) is 0 Å². The molecule has 1 N–H and O–H groups in total. The first-order valence-corrected chi connectivity index (χ1v) is 8.34. The summed E-state index contributed by atoms with van der Waals surface area (Å²) < 4.78 is 13.8. The summed E-state index contributed by atoms with van der Waals surface area (Å²) in [4.78, 5) is 12.5. The fraction of sp³-hybridized carbons (Fsp3) is 0.136. The maximum Gasteiger partial charge on any atom is 0.225 e. The number of hydrogen-bond donors (Lipinski definition) is 1. The largest absolute Gasteiger partial charge is 0.349 e. The molecule has 3 aromatic carbocycles. The molecule has 1 unspecified atom stereocenters. The van der Waals surface area contributed by atoms with E-state index in [1.165, 1.54) is 6.07 Å². The van der Waals surface area contributed by atoms with Crippen molar-refractivity contribution in [2.24, 2.45) is 0 Å². The first kappa shape index (κ1) is 16.9. The fourth-order valence-corrected chi connectivity index (χ4v) is 2.85. The number of halogens is 1. The minimum absolute atomic E-state index is 0.0325. The van der Waals surface area contributed by atoms with Crippen molar-refractivity contribution in [3.63, 3.8) is 0 Å². The smallest absolute Gasteiger partial charge is 0.225 e. The van der Waals surface area contributed by atoms with Crippen LogP contribution >= 0.6 is 0 Å². The second-order valence-electron chi connectivity index (χ2n) is 5.99. The summed E-state index contributed by atoms with van der Waals surface area (Å²) in [5, 5.41) is 3.05. The van der Waals surface area contributed by atoms with E-state index in [-0.39, 0.29) is 24.2 Å². The third-order valence-corrected chi connectivity index (χ3v) is 4.13. The van der Waals surface area contributed by atoms with Gasteiger partial charge in [-0.3, -0.25) is 4.79 Å². The summed E-state index contributed by atoms with van der Waals surface area (Å²) in [5.41, 5.74) is 2.59. The summed E-state index contributed by atoms with van der Waals surface area (Å²) in [6.45, 7) is 0. The number of rotatable bonds is 6. The Bertz CT molecular complexity index is 818. The maximum atomic E-state index is 13.8. The molecule has 0 fully saturated rings. The van der Waals surface area contributed by atoms with Crippen LogP contribution < -0.4 is 5.32 Å². The number of amides is 1. The van der Waals surface area contributed by atoms with Crippen LogP contribution in [0.25, 0.3) is 0 Å². The molecule has 0 heterocycles. The van der Waals surface area contributed by atoms with E-state index in [1.54, 1.807) is 18.2 Å². The second kappa shape index (κ2) is 8.25. The predicted octanol–water partition coefficient (Wildman–Crippen LogP) is 4.47. The molecule has 0 saturated heterocycles. The Kier molecular flexibility index (Phi) is 5.57. The highest BCUT2D eigenvalue weighted by Gasteiger charge is 2.16. The van der Waals surface area contributed by atoms with Crippen molar-refractivity contribution in [3.05, 3.63) is 107 Å². The van der Waals surface area contributed by atoms with Crippen LogP contribution in [0.15, 0.2) is 84.9 Å². The molecule has 0 aliphatic carbocycles. The lowest BCUT2D eigenvalue weighted by Crippen LogP contribution is -2.31. The number of hydrogen-bond acceptors (Lipinski definition) is 1. The molecular formula is C22H20FNO. The Labute approximate surface area is 147 Å². The minimum Gasteiger partial charge on any atom is -0.349 e. The van der Waals surface area contributed by atoms with Crippen LogP contribution in [0, 0.1) is 5.82 Å². The van der Waals surface area contributed by atoms with E-state index in [9.17, 15) is 9.18 Å². The second-order valence-corrected chi connectivity index (χ2v) is 5.99. The van der Waals surface area contributed by atoms with E-state index in [0.717, 1.165) is 11.1 Å². The number of benzene rings is 3. The molecule has 3 aromatic rings. The van der Waals surface area contributed by atoms with Crippen LogP contribution in [0.3, 0.4) is 0 Å². The van der Waals surface area contributed by atoms with E-state index >= 15 is 0 Å². The van der Waals surface area contributed by atoms with Gasteiger partial charge in [0.25, 0.3) is 0 Å². The molecule has 25 heavy (non-hydrogen) atoms. The Hall–Kier alpha value is -2.94. The molecule has 2 nitrogen and oxygen atoms in total. The Morgan fingerprint density at radius 1 is 0.840 bits per heavy atom. The van der Waals surface area contributed by atoms with Gasteiger partial charge in [0, 0.05) is 0 Å². The minimum atomic E-state index is -0.350. The topological polar surface area (TPSA) is 29.1 Å². The SMILES string of the molecule is O=C(Cc1ccccc1F)NC(Cc1ccccc1)c1ccccc1. The molecule has 0 radical (unpaired) electrons. The fourth-order valence-electron chi connectivity index (χ4n) is 2.85. The highest BCUT2D eigenvalue weighted by Crippen LogP contribution is 2.19. The average molecular weight is 333 g/mol. The third kappa shape index (κ3) is 4.77. The highest BCUT2D eigenvalue weighted by atomic mass is 19.1. The maximum absolute atomic E-state index is 13.8. The molecular weight excluding hydrogens is 313 g/mol. The van der Waals surface area contributed by atoms with E-state index in [4.69, 9.17) is 0 Å². The van der Waals surface area contributed by atoms with Crippen molar-refractivity contribution >= 4 is 5.91 Å². The monoisotopic (exact) mass is 333 g/mol. The van der Waals surface area contributed by atoms with E-state index in [2.05, 4.69) is 5.32 Å². The van der Waals surface area contributed by atoms with Crippen LogP contribution in [0.1, 0.15) is 22.7 Å². The summed E-state index contributed by atoms with van der Waals surface area (Å²) in [6.07, 6.45) is 0.721. The predicted molar refractivity (Wildman–Crippen MR) is 97.6 cm³/mol. The van der Waals surface area contributed by atoms with E-state index < -0.39 is 0 Å². The van der Waals surface area contributed by atoms with Gasteiger partial charge < -0.3 is 5.32 Å². The molecule has 1 atom stereocenters. The van der Waals surface area contributed by atoms with Crippen molar-refractivity contribution in [1.29, 1.82) is 0 Å². The number of carbonyl (C=O) groups excluding carboxylic acids is 1. The van der Waals surface area contributed by atoms with E-state index in [1.807, 2.05) is 60.7 Å². The zero-order valence-corrected chi connectivity index (χ0v) is 13.9. The molecule has 0 spiro atoms. The van der Waals surface area contributed by atoms with Gasteiger partial charge in [0.05, 0.1) is 12.5 Å². The molecule has 0 saturated carbocycles. The van der Waals surface area contributed by atoms with Gasteiger partial charge in [0.1, 0.15) is 5.82 Å². The van der Waals surface area contributed by atoms with Crippen LogP contribution in [0.4, 0.5) is 4.39 Å². The summed E-state index contributed by atoms with van der Waals surface area (Å²) in [7, 11) is 0.